The minimum absolute atomic E-state index is 0.103. The number of H-pyrrole nitrogens is 1. The first-order valence-corrected chi connectivity index (χ1v) is 11.5. The molecule has 0 saturated heterocycles. The van der Waals surface area contributed by atoms with Crippen LogP contribution < -0.4 is 10.1 Å². The molecule has 2 N–H and O–H groups in total. The van der Waals surface area contributed by atoms with Gasteiger partial charge in [-0.25, -0.2) is 4.79 Å². The number of ether oxygens (including phenoxy) is 3. The summed E-state index contributed by atoms with van der Waals surface area (Å²) < 4.78 is 17.7. The Morgan fingerprint density at radius 1 is 1.16 bits per heavy atom. The lowest BCUT2D eigenvalue weighted by Crippen LogP contribution is -2.33. The third kappa shape index (κ3) is 7.00. The summed E-state index contributed by atoms with van der Waals surface area (Å²) in [7, 11) is 1.65. The highest BCUT2D eigenvalue weighted by Crippen LogP contribution is 2.30. The Bertz CT molecular complexity index is 1020. The average Bonchev–Trinajstić information content (AvgIpc) is 3.14. The van der Waals surface area contributed by atoms with Gasteiger partial charge in [-0.2, -0.15) is 0 Å². The molecular formula is C25H31BrN2O4. The molecule has 1 atom stereocenters. The van der Waals surface area contributed by atoms with E-state index in [9.17, 15) is 4.79 Å². The first kappa shape index (κ1) is 24.1. The van der Waals surface area contributed by atoms with Crippen LogP contribution in [0.5, 0.6) is 5.75 Å². The van der Waals surface area contributed by atoms with Crippen molar-refractivity contribution in [3.63, 3.8) is 0 Å². The normalized spacial score (nSPS) is 12.5. The van der Waals surface area contributed by atoms with Crippen LogP contribution in [0.25, 0.3) is 10.9 Å². The highest BCUT2D eigenvalue weighted by atomic mass is 79.9. The summed E-state index contributed by atoms with van der Waals surface area (Å²) in [5.41, 5.74) is 2.80. The standard InChI is InChI=1S/C25H31BrN2O4/c1-25(2,3)32-24(29)27-12-11-18(16-31-15-17-5-8-20(30-4)9-6-17)22-14-28-23-10-7-19(26)13-21(22)23/h5-10,13-14,18,28H,11-12,15-16H2,1-4H3,(H,27,29)/t18-/m0/s1. The van der Waals surface area contributed by atoms with Crippen LogP contribution >= 0.6 is 15.9 Å². The van der Waals surface area contributed by atoms with Gasteiger partial charge < -0.3 is 24.5 Å². The van der Waals surface area contributed by atoms with Crippen molar-refractivity contribution in [2.75, 3.05) is 20.3 Å². The molecule has 0 spiro atoms. The van der Waals surface area contributed by atoms with E-state index in [1.165, 1.54) is 5.56 Å². The number of hydrogen-bond donors (Lipinski definition) is 2. The quantitative estimate of drug-likeness (QED) is 0.367. The van der Waals surface area contributed by atoms with E-state index in [1.54, 1.807) is 7.11 Å². The predicted molar refractivity (Wildman–Crippen MR) is 130 cm³/mol. The molecule has 32 heavy (non-hydrogen) atoms. The molecule has 1 aromatic heterocycles. The summed E-state index contributed by atoms with van der Waals surface area (Å²) in [6.45, 7) is 7.09. The average molecular weight is 503 g/mol. The maximum Gasteiger partial charge on any atom is 0.407 e. The molecule has 0 aliphatic heterocycles. The van der Waals surface area contributed by atoms with Gasteiger partial charge in [-0.15, -0.1) is 0 Å². The van der Waals surface area contributed by atoms with Gasteiger partial charge in [0.15, 0.2) is 0 Å². The number of rotatable bonds is 9. The Balaban J connectivity index is 1.67. The Hall–Kier alpha value is -2.51. The number of aromatic nitrogens is 1. The lowest BCUT2D eigenvalue weighted by molar-refractivity contribution is 0.0521. The fourth-order valence-corrected chi connectivity index (χ4v) is 3.85. The van der Waals surface area contributed by atoms with Crippen molar-refractivity contribution in [1.82, 2.24) is 10.3 Å². The van der Waals surface area contributed by atoms with Crippen LogP contribution in [0, 0.1) is 0 Å². The van der Waals surface area contributed by atoms with Gasteiger partial charge in [0.05, 0.1) is 20.3 Å². The van der Waals surface area contributed by atoms with E-state index in [4.69, 9.17) is 14.2 Å². The van der Waals surface area contributed by atoms with Crippen molar-refractivity contribution >= 4 is 32.9 Å². The van der Waals surface area contributed by atoms with Crippen LogP contribution in [0.1, 0.15) is 44.2 Å². The highest BCUT2D eigenvalue weighted by Gasteiger charge is 2.19. The largest absolute Gasteiger partial charge is 0.497 e. The van der Waals surface area contributed by atoms with Crippen molar-refractivity contribution < 1.29 is 19.0 Å². The molecular weight excluding hydrogens is 472 g/mol. The van der Waals surface area contributed by atoms with Crippen molar-refractivity contribution in [3.05, 3.63) is 64.3 Å². The number of nitrogens with one attached hydrogen (secondary N) is 2. The number of amides is 1. The molecule has 2 aromatic carbocycles. The van der Waals surface area contributed by atoms with Crippen LogP contribution in [0.3, 0.4) is 0 Å². The number of carbonyl (C=O) groups is 1. The molecule has 7 heteroatoms. The van der Waals surface area contributed by atoms with Crippen molar-refractivity contribution in [2.45, 2.75) is 45.3 Å². The van der Waals surface area contributed by atoms with E-state index in [2.05, 4.69) is 38.4 Å². The number of fused-ring (bicyclic) bond motifs is 1. The maximum absolute atomic E-state index is 12.0. The highest BCUT2D eigenvalue weighted by molar-refractivity contribution is 9.10. The summed E-state index contributed by atoms with van der Waals surface area (Å²) >= 11 is 3.57. The van der Waals surface area contributed by atoms with E-state index >= 15 is 0 Å². The van der Waals surface area contributed by atoms with Crippen molar-refractivity contribution in [3.8, 4) is 5.75 Å². The molecule has 0 aliphatic rings. The monoisotopic (exact) mass is 502 g/mol. The van der Waals surface area contributed by atoms with Gasteiger partial charge in [0.1, 0.15) is 11.4 Å². The van der Waals surface area contributed by atoms with Gasteiger partial charge in [0, 0.05) is 34.0 Å². The number of alkyl carbamates (subject to hydrolysis) is 1. The summed E-state index contributed by atoms with van der Waals surface area (Å²) in [6, 6.07) is 14.0. The van der Waals surface area contributed by atoms with Crippen LogP contribution in [0.15, 0.2) is 53.1 Å². The molecule has 1 heterocycles. The second kappa shape index (κ2) is 10.9. The minimum atomic E-state index is -0.520. The molecule has 0 unspecified atom stereocenters. The number of halogens is 1. The zero-order valence-electron chi connectivity index (χ0n) is 19.0. The van der Waals surface area contributed by atoms with Gasteiger partial charge in [-0.1, -0.05) is 28.1 Å². The lowest BCUT2D eigenvalue weighted by Gasteiger charge is -2.21. The SMILES string of the molecule is COc1ccc(COC[C@H](CCNC(=O)OC(C)(C)C)c2c[nH]c3ccc(Br)cc23)cc1. The molecule has 172 valence electrons. The second-order valence-corrected chi connectivity index (χ2v) is 9.63. The third-order valence-corrected chi connectivity index (χ3v) is 5.52. The fourth-order valence-electron chi connectivity index (χ4n) is 3.48. The van der Waals surface area contributed by atoms with Gasteiger partial charge in [0.2, 0.25) is 0 Å². The Labute approximate surface area is 197 Å². The number of benzene rings is 2. The molecule has 0 fully saturated rings. The first-order valence-electron chi connectivity index (χ1n) is 10.7. The van der Waals surface area contributed by atoms with Crippen molar-refractivity contribution in [2.24, 2.45) is 0 Å². The van der Waals surface area contributed by atoms with Gasteiger partial charge in [-0.3, -0.25) is 0 Å². The molecule has 3 rings (SSSR count). The summed E-state index contributed by atoms with van der Waals surface area (Å²) in [5, 5.41) is 4.01. The minimum Gasteiger partial charge on any atom is -0.497 e. The maximum atomic E-state index is 12.0. The number of hydrogen-bond acceptors (Lipinski definition) is 4. The third-order valence-electron chi connectivity index (χ3n) is 5.02. The number of methoxy groups -OCH3 is 1. The zero-order chi connectivity index (χ0) is 23.1. The molecule has 0 radical (unpaired) electrons. The number of carbonyl (C=O) groups excluding carboxylic acids is 1. The first-order chi connectivity index (χ1) is 15.2. The Morgan fingerprint density at radius 3 is 2.59 bits per heavy atom. The van der Waals surface area contributed by atoms with E-state index < -0.39 is 11.7 Å². The van der Waals surface area contributed by atoms with Crippen LogP contribution in [-0.2, 0) is 16.1 Å². The van der Waals surface area contributed by atoms with E-state index in [1.807, 2.05) is 57.3 Å². The lowest BCUT2D eigenvalue weighted by atomic mass is 9.96. The summed E-state index contributed by atoms with van der Waals surface area (Å²) in [6.07, 6.45) is 2.35. The van der Waals surface area contributed by atoms with Gasteiger partial charge >= 0.3 is 6.09 Å². The smallest absolute Gasteiger partial charge is 0.407 e. The van der Waals surface area contributed by atoms with Gasteiger partial charge in [-0.05, 0) is 68.7 Å². The van der Waals surface area contributed by atoms with Crippen LogP contribution in [0.4, 0.5) is 4.79 Å². The van der Waals surface area contributed by atoms with Crippen molar-refractivity contribution in [1.29, 1.82) is 0 Å². The zero-order valence-corrected chi connectivity index (χ0v) is 20.6. The summed E-state index contributed by atoms with van der Waals surface area (Å²) in [4.78, 5) is 15.4. The van der Waals surface area contributed by atoms with Crippen LogP contribution in [0.2, 0.25) is 0 Å². The molecule has 6 nitrogen and oxygen atoms in total. The second-order valence-electron chi connectivity index (χ2n) is 8.71. The topological polar surface area (TPSA) is 72.6 Å². The van der Waals surface area contributed by atoms with E-state index in [0.717, 1.165) is 33.1 Å². The molecule has 3 aromatic rings. The van der Waals surface area contributed by atoms with E-state index in [-0.39, 0.29) is 5.92 Å². The Kier molecular flexibility index (Phi) is 8.21. The molecule has 1 amide bonds. The molecule has 0 saturated carbocycles. The molecule has 0 aliphatic carbocycles. The Morgan fingerprint density at radius 2 is 1.91 bits per heavy atom. The van der Waals surface area contributed by atoms with Crippen LogP contribution in [-0.4, -0.2) is 36.9 Å². The molecule has 0 bridgehead atoms. The summed E-state index contributed by atoms with van der Waals surface area (Å²) in [5.74, 6) is 0.926. The predicted octanol–water partition coefficient (Wildman–Crippen LogP) is 6.15. The van der Waals surface area contributed by atoms with E-state index in [0.29, 0.717) is 19.8 Å². The van der Waals surface area contributed by atoms with Gasteiger partial charge in [0.25, 0.3) is 0 Å². The number of aromatic amines is 1. The fraction of sp³-hybridized carbons (Fsp3) is 0.400.